The fourth-order valence-corrected chi connectivity index (χ4v) is 4.31. The number of pyridine rings is 1. The maximum atomic E-state index is 12.8. The minimum atomic E-state index is -0.499. The molecular weight excluding hydrogens is 458 g/mol. The van der Waals surface area contributed by atoms with Crippen LogP contribution in [0.3, 0.4) is 0 Å². The third kappa shape index (κ3) is 6.42. The average molecular weight is 490 g/mol. The number of rotatable bonds is 6. The smallest absolute Gasteiger partial charge is 0.407 e. The molecule has 0 saturated heterocycles. The van der Waals surface area contributed by atoms with Gasteiger partial charge in [0.2, 0.25) is 0 Å². The fraction of sp³-hybridized carbons (Fsp3) is 0.542. The van der Waals surface area contributed by atoms with Gasteiger partial charge >= 0.3 is 6.09 Å². The molecule has 0 radical (unpaired) electrons. The number of ether oxygens (including phenoxy) is 1. The Bertz CT molecular complexity index is 947. The van der Waals surface area contributed by atoms with Crippen molar-refractivity contribution >= 4 is 44.4 Å². The van der Waals surface area contributed by atoms with Crippen molar-refractivity contribution in [3.05, 3.63) is 34.4 Å². The molecule has 1 aromatic carbocycles. The number of amides is 1. The zero-order valence-electron chi connectivity index (χ0n) is 18.8. The van der Waals surface area contributed by atoms with Crippen molar-refractivity contribution in [2.75, 3.05) is 5.32 Å². The summed E-state index contributed by atoms with van der Waals surface area (Å²) in [5.41, 5.74) is 1.88. The largest absolute Gasteiger partial charge is 0.444 e. The molecule has 1 aromatic heterocycles. The molecule has 0 unspecified atom stereocenters. The molecular formula is C24H32BrN3O3. The lowest BCUT2D eigenvalue weighted by Crippen LogP contribution is -2.42. The predicted molar refractivity (Wildman–Crippen MR) is 128 cm³/mol. The van der Waals surface area contributed by atoms with Gasteiger partial charge in [-0.05, 0) is 71.1 Å². The summed E-state index contributed by atoms with van der Waals surface area (Å²) in [6.45, 7) is 7.60. The Hall–Kier alpha value is -2.15. The Labute approximate surface area is 192 Å². The Morgan fingerprint density at radius 2 is 1.84 bits per heavy atom. The molecule has 1 fully saturated rings. The van der Waals surface area contributed by atoms with Crippen LogP contribution in [0.2, 0.25) is 0 Å². The first-order valence-corrected chi connectivity index (χ1v) is 11.8. The SMILES string of the molecule is CCCC(=O)c1cnc2ccc(Br)cc2c1N[C@H]1CC[C@H](NC(=O)OC(C)(C)C)CC1. The number of nitrogens with one attached hydrogen (secondary N) is 2. The minimum Gasteiger partial charge on any atom is -0.444 e. The predicted octanol–water partition coefficient (Wildman–Crippen LogP) is 6.23. The first kappa shape index (κ1) is 23.5. The fourth-order valence-electron chi connectivity index (χ4n) is 3.95. The van der Waals surface area contributed by atoms with Crippen molar-refractivity contribution in [3.8, 4) is 0 Å². The number of aromatic nitrogens is 1. The number of anilines is 1. The molecule has 0 spiro atoms. The minimum absolute atomic E-state index is 0.109. The molecule has 2 aromatic rings. The van der Waals surface area contributed by atoms with E-state index in [2.05, 4.69) is 31.5 Å². The van der Waals surface area contributed by atoms with Crippen molar-refractivity contribution in [2.24, 2.45) is 0 Å². The summed E-state index contributed by atoms with van der Waals surface area (Å²) < 4.78 is 6.33. The molecule has 1 heterocycles. The van der Waals surface area contributed by atoms with Crippen LogP contribution in [0, 0.1) is 0 Å². The summed E-state index contributed by atoms with van der Waals surface area (Å²) in [6, 6.07) is 6.27. The lowest BCUT2D eigenvalue weighted by Gasteiger charge is -2.31. The molecule has 0 aliphatic heterocycles. The average Bonchev–Trinajstić information content (AvgIpc) is 2.68. The Balaban J connectivity index is 1.73. The third-order valence-electron chi connectivity index (χ3n) is 5.40. The van der Waals surface area contributed by atoms with E-state index >= 15 is 0 Å². The molecule has 0 atom stereocenters. The lowest BCUT2D eigenvalue weighted by molar-refractivity contribution is 0.0492. The highest BCUT2D eigenvalue weighted by molar-refractivity contribution is 9.10. The maximum Gasteiger partial charge on any atom is 0.407 e. The molecule has 6 nitrogen and oxygen atoms in total. The molecule has 3 rings (SSSR count). The molecule has 1 amide bonds. The van der Waals surface area contributed by atoms with Crippen LogP contribution in [0.4, 0.5) is 10.5 Å². The molecule has 2 N–H and O–H groups in total. The molecule has 1 aliphatic rings. The van der Waals surface area contributed by atoms with Crippen molar-refractivity contribution in [3.63, 3.8) is 0 Å². The highest BCUT2D eigenvalue weighted by Gasteiger charge is 2.26. The number of fused-ring (bicyclic) bond motifs is 1. The number of carbonyl (C=O) groups excluding carboxylic acids is 2. The Kier molecular flexibility index (Phi) is 7.57. The van der Waals surface area contributed by atoms with Gasteiger partial charge in [0.15, 0.2) is 5.78 Å². The summed E-state index contributed by atoms with van der Waals surface area (Å²) >= 11 is 3.54. The van der Waals surface area contributed by atoms with Gasteiger partial charge in [-0.1, -0.05) is 22.9 Å². The summed E-state index contributed by atoms with van der Waals surface area (Å²) in [5, 5.41) is 7.58. The van der Waals surface area contributed by atoms with Crippen molar-refractivity contribution < 1.29 is 14.3 Å². The standard InChI is InChI=1S/C24H32BrN3O3/c1-5-6-21(29)19-14-26-20-12-7-15(25)13-18(20)22(19)27-16-8-10-17(11-9-16)28-23(30)31-24(2,3)4/h7,12-14,16-17H,5-6,8-11H2,1-4H3,(H,26,27)(H,28,30)/t16-,17-. The van der Waals surface area contributed by atoms with Crippen LogP contribution in [0.15, 0.2) is 28.9 Å². The number of hydrogen-bond acceptors (Lipinski definition) is 5. The van der Waals surface area contributed by atoms with Gasteiger partial charge in [0, 0.05) is 34.6 Å². The van der Waals surface area contributed by atoms with Crippen LogP contribution >= 0.6 is 15.9 Å². The number of nitrogens with zero attached hydrogens (tertiary/aromatic N) is 1. The van der Waals surface area contributed by atoms with Crippen LogP contribution < -0.4 is 10.6 Å². The van der Waals surface area contributed by atoms with Gasteiger partial charge < -0.3 is 15.4 Å². The van der Waals surface area contributed by atoms with Gasteiger partial charge in [0.05, 0.1) is 16.8 Å². The highest BCUT2D eigenvalue weighted by atomic mass is 79.9. The first-order valence-electron chi connectivity index (χ1n) is 11.0. The zero-order chi connectivity index (χ0) is 22.6. The number of halogens is 1. The van der Waals surface area contributed by atoms with Crippen LogP contribution in [0.25, 0.3) is 10.9 Å². The molecule has 168 valence electrons. The number of carbonyl (C=O) groups is 2. The monoisotopic (exact) mass is 489 g/mol. The van der Waals surface area contributed by atoms with E-state index in [0.717, 1.165) is 53.2 Å². The van der Waals surface area contributed by atoms with E-state index < -0.39 is 5.60 Å². The Morgan fingerprint density at radius 1 is 1.16 bits per heavy atom. The lowest BCUT2D eigenvalue weighted by atomic mass is 9.90. The number of Topliss-reactive ketones (excluding diaryl/α,β-unsaturated/α-hetero) is 1. The second-order valence-corrected chi connectivity index (χ2v) is 10.1. The molecule has 7 heteroatoms. The van der Waals surface area contributed by atoms with Gasteiger partial charge in [-0.25, -0.2) is 4.79 Å². The van der Waals surface area contributed by atoms with Crippen LogP contribution in [-0.4, -0.2) is 34.5 Å². The van der Waals surface area contributed by atoms with Crippen molar-refractivity contribution in [1.82, 2.24) is 10.3 Å². The zero-order valence-corrected chi connectivity index (χ0v) is 20.3. The molecule has 0 bridgehead atoms. The van der Waals surface area contributed by atoms with E-state index in [0.29, 0.717) is 12.0 Å². The van der Waals surface area contributed by atoms with E-state index in [1.165, 1.54) is 0 Å². The summed E-state index contributed by atoms with van der Waals surface area (Å²) in [4.78, 5) is 29.3. The number of alkyl carbamates (subject to hydrolysis) is 1. The van der Waals surface area contributed by atoms with E-state index in [4.69, 9.17) is 4.74 Å². The van der Waals surface area contributed by atoms with Crippen LogP contribution in [0.1, 0.15) is 76.6 Å². The van der Waals surface area contributed by atoms with Crippen LogP contribution in [-0.2, 0) is 4.74 Å². The number of hydrogen-bond donors (Lipinski definition) is 2. The number of benzene rings is 1. The summed E-state index contributed by atoms with van der Waals surface area (Å²) in [6.07, 6.45) is 6.18. The van der Waals surface area contributed by atoms with E-state index in [-0.39, 0.29) is 24.0 Å². The highest BCUT2D eigenvalue weighted by Crippen LogP contribution is 2.32. The van der Waals surface area contributed by atoms with Crippen molar-refractivity contribution in [1.29, 1.82) is 0 Å². The normalized spacial score (nSPS) is 19.1. The van der Waals surface area contributed by atoms with E-state index in [1.54, 1.807) is 6.20 Å². The van der Waals surface area contributed by atoms with Gasteiger partial charge in [-0.2, -0.15) is 0 Å². The topological polar surface area (TPSA) is 80.3 Å². The summed E-state index contributed by atoms with van der Waals surface area (Å²) in [7, 11) is 0. The van der Waals surface area contributed by atoms with E-state index in [9.17, 15) is 9.59 Å². The quantitative estimate of drug-likeness (QED) is 0.470. The van der Waals surface area contributed by atoms with Gasteiger partial charge in [0.25, 0.3) is 0 Å². The van der Waals surface area contributed by atoms with Gasteiger partial charge in [0.1, 0.15) is 5.60 Å². The third-order valence-corrected chi connectivity index (χ3v) is 5.90. The molecule has 1 aliphatic carbocycles. The molecule has 1 saturated carbocycles. The van der Waals surface area contributed by atoms with E-state index in [1.807, 2.05) is 45.9 Å². The van der Waals surface area contributed by atoms with Gasteiger partial charge in [-0.3, -0.25) is 9.78 Å². The van der Waals surface area contributed by atoms with Crippen LogP contribution in [0.5, 0.6) is 0 Å². The second kappa shape index (κ2) is 9.98. The first-order chi connectivity index (χ1) is 14.7. The summed E-state index contributed by atoms with van der Waals surface area (Å²) in [5.74, 6) is 0.111. The maximum absolute atomic E-state index is 12.8. The molecule has 31 heavy (non-hydrogen) atoms. The number of ketones is 1. The second-order valence-electron chi connectivity index (χ2n) is 9.22. The van der Waals surface area contributed by atoms with Crippen molar-refractivity contribution in [2.45, 2.75) is 83.9 Å². The van der Waals surface area contributed by atoms with Gasteiger partial charge in [-0.15, -0.1) is 0 Å². The Morgan fingerprint density at radius 3 is 2.48 bits per heavy atom.